The summed E-state index contributed by atoms with van der Waals surface area (Å²) in [4.78, 5) is 26.8. The molecule has 2 aromatic rings. The lowest BCUT2D eigenvalue weighted by Gasteiger charge is -2.33. The number of rotatable bonds is 6. The van der Waals surface area contributed by atoms with E-state index in [-0.39, 0.29) is 24.0 Å². The summed E-state index contributed by atoms with van der Waals surface area (Å²) >= 11 is 0. The Morgan fingerprint density at radius 2 is 1.90 bits per heavy atom. The van der Waals surface area contributed by atoms with Crippen LogP contribution in [0.3, 0.4) is 0 Å². The standard InChI is InChI=1S/C22H28N4O3/c27-21(9-8-17-5-2-1-3-6-17)24-20-10-13-23-26(20)18-11-14-25(15-12-18)22(28)19-7-4-16-29-19/h1-3,5-6,10,13,18-19H,4,7-9,11-12,14-16H2,(H,24,27)/t19-/m1/s1. The molecule has 1 atom stereocenters. The predicted octanol–water partition coefficient (Wildman–Crippen LogP) is 2.80. The SMILES string of the molecule is O=C(CCc1ccccc1)Nc1ccnn1C1CCN(C(=O)[C@H]2CCCO2)CC1. The minimum absolute atomic E-state index is 0.0124. The van der Waals surface area contributed by atoms with E-state index in [2.05, 4.69) is 10.4 Å². The van der Waals surface area contributed by atoms with E-state index in [1.54, 1.807) is 6.20 Å². The molecule has 0 spiro atoms. The van der Waals surface area contributed by atoms with Crippen molar-refractivity contribution >= 4 is 17.6 Å². The number of carbonyl (C=O) groups is 2. The van der Waals surface area contributed by atoms with Crippen LogP contribution in [0.15, 0.2) is 42.6 Å². The molecule has 3 heterocycles. The lowest BCUT2D eigenvalue weighted by atomic mass is 10.0. The van der Waals surface area contributed by atoms with Gasteiger partial charge in [0.05, 0.1) is 12.2 Å². The smallest absolute Gasteiger partial charge is 0.251 e. The summed E-state index contributed by atoms with van der Waals surface area (Å²) in [5.74, 6) is 0.837. The summed E-state index contributed by atoms with van der Waals surface area (Å²) in [5.41, 5.74) is 1.15. The maximum Gasteiger partial charge on any atom is 0.251 e. The number of ether oxygens (including phenoxy) is 1. The van der Waals surface area contributed by atoms with Gasteiger partial charge in [0.15, 0.2) is 0 Å². The number of benzene rings is 1. The van der Waals surface area contributed by atoms with Crippen molar-refractivity contribution in [3.8, 4) is 0 Å². The monoisotopic (exact) mass is 396 g/mol. The fraction of sp³-hybridized carbons (Fsp3) is 0.500. The van der Waals surface area contributed by atoms with Gasteiger partial charge in [0, 0.05) is 32.2 Å². The van der Waals surface area contributed by atoms with Gasteiger partial charge in [-0.3, -0.25) is 9.59 Å². The molecular weight excluding hydrogens is 368 g/mol. The first kappa shape index (κ1) is 19.6. The number of piperidine rings is 1. The van der Waals surface area contributed by atoms with E-state index < -0.39 is 0 Å². The molecule has 2 amide bonds. The maximum absolute atomic E-state index is 12.5. The molecule has 1 N–H and O–H groups in total. The van der Waals surface area contributed by atoms with E-state index in [4.69, 9.17) is 4.74 Å². The van der Waals surface area contributed by atoms with Crippen molar-refractivity contribution in [2.45, 2.75) is 50.7 Å². The Kier molecular flexibility index (Phi) is 6.24. The average molecular weight is 396 g/mol. The van der Waals surface area contributed by atoms with E-state index in [0.717, 1.165) is 37.1 Å². The van der Waals surface area contributed by atoms with Crippen molar-refractivity contribution in [3.05, 3.63) is 48.2 Å². The molecule has 0 unspecified atom stereocenters. The first-order valence-corrected chi connectivity index (χ1v) is 10.5. The number of anilines is 1. The zero-order valence-corrected chi connectivity index (χ0v) is 16.6. The summed E-state index contributed by atoms with van der Waals surface area (Å²) < 4.78 is 7.43. The highest BCUT2D eigenvalue weighted by molar-refractivity contribution is 5.90. The van der Waals surface area contributed by atoms with Gasteiger partial charge < -0.3 is 15.0 Å². The molecule has 0 bridgehead atoms. The Morgan fingerprint density at radius 1 is 1.10 bits per heavy atom. The van der Waals surface area contributed by atoms with Crippen molar-refractivity contribution in [1.82, 2.24) is 14.7 Å². The minimum Gasteiger partial charge on any atom is -0.368 e. The Labute approximate surface area is 171 Å². The lowest BCUT2D eigenvalue weighted by molar-refractivity contribution is -0.142. The van der Waals surface area contributed by atoms with Crippen LogP contribution in [0.5, 0.6) is 0 Å². The number of nitrogens with one attached hydrogen (secondary N) is 1. The van der Waals surface area contributed by atoms with Crippen molar-refractivity contribution < 1.29 is 14.3 Å². The molecule has 7 heteroatoms. The highest BCUT2D eigenvalue weighted by atomic mass is 16.5. The topological polar surface area (TPSA) is 76.5 Å². The van der Waals surface area contributed by atoms with Gasteiger partial charge in [-0.2, -0.15) is 5.10 Å². The third-order valence-electron chi connectivity index (χ3n) is 5.75. The molecule has 4 rings (SSSR count). The first-order valence-electron chi connectivity index (χ1n) is 10.5. The van der Waals surface area contributed by atoms with Crippen molar-refractivity contribution in [3.63, 3.8) is 0 Å². The molecule has 154 valence electrons. The van der Waals surface area contributed by atoms with E-state index in [0.29, 0.717) is 32.5 Å². The first-order chi connectivity index (χ1) is 14.2. The van der Waals surface area contributed by atoms with Gasteiger partial charge in [-0.05, 0) is 37.7 Å². The molecular formula is C22H28N4O3. The van der Waals surface area contributed by atoms with Gasteiger partial charge in [-0.25, -0.2) is 4.68 Å². The number of amides is 2. The fourth-order valence-corrected chi connectivity index (χ4v) is 4.12. The Hall–Kier alpha value is -2.67. The van der Waals surface area contributed by atoms with Crippen LogP contribution in [0.1, 0.15) is 43.7 Å². The summed E-state index contributed by atoms with van der Waals surface area (Å²) in [6.45, 7) is 2.09. The zero-order valence-electron chi connectivity index (χ0n) is 16.6. The summed E-state index contributed by atoms with van der Waals surface area (Å²) in [7, 11) is 0. The quantitative estimate of drug-likeness (QED) is 0.815. The third kappa shape index (κ3) is 4.85. The number of aromatic nitrogens is 2. The average Bonchev–Trinajstić information content (AvgIpc) is 3.45. The Morgan fingerprint density at radius 3 is 2.62 bits per heavy atom. The number of carbonyl (C=O) groups excluding carboxylic acids is 2. The van der Waals surface area contributed by atoms with Crippen LogP contribution in [-0.4, -0.2) is 52.3 Å². The van der Waals surface area contributed by atoms with Crippen LogP contribution in [0.25, 0.3) is 0 Å². The molecule has 2 aliphatic heterocycles. The third-order valence-corrected chi connectivity index (χ3v) is 5.75. The number of hydrogen-bond acceptors (Lipinski definition) is 4. The molecule has 2 saturated heterocycles. The number of hydrogen-bond donors (Lipinski definition) is 1. The van der Waals surface area contributed by atoms with Crippen molar-refractivity contribution in [1.29, 1.82) is 0 Å². The fourth-order valence-electron chi connectivity index (χ4n) is 4.12. The van der Waals surface area contributed by atoms with Gasteiger partial charge in [0.1, 0.15) is 11.9 Å². The minimum atomic E-state index is -0.254. The predicted molar refractivity (Wildman–Crippen MR) is 109 cm³/mol. The largest absolute Gasteiger partial charge is 0.368 e. The number of aryl methyl sites for hydroxylation is 1. The zero-order chi connectivity index (χ0) is 20.1. The van der Waals surface area contributed by atoms with E-state index in [1.165, 1.54) is 0 Å². The number of nitrogens with zero attached hydrogens (tertiary/aromatic N) is 3. The molecule has 2 fully saturated rings. The van der Waals surface area contributed by atoms with Crippen LogP contribution >= 0.6 is 0 Å². The number of likely N-dealkylation sites (tertiary alicyclic amines) is 1. The summed E-state index contributed by atoms with van der Waals surface area (Å²) in [6, 6.07) is 12.0. The molecule has 0 saturated carbocycles. The maximum atomic E-state index is 12.5. The van der Waals surface area contributed by atoms with E-state index in [1.807, 2.05) is 46.0 Å². The molecule has 1 aromatic carbocycles. The molecule has 7 nitrogen and oxygen atoms in total. The second-order valence-electron chi connectivity index (χ2n) is 7.75. The van der Waals surface area contributed by atoms with Crippen molar-refractivity contribution in [2.75, 3.05) is 25.0 Å². The Bertz CT molecular complexity index is 822. The second-order valence-corrected chi connectivity index (χ2v) is 7.75. The summed E-state index contributed by atoms with van der Waals surface area (Å²) in [5, 5.41) is 7.43. The van der Waals surface area contributed by atoms with Gasteiger partial charge in [-0.1, -0.05) is 30.3 Å². The lowest BCUT2D eigenvalue weighted by Crippen LogP contribution is -2.44. The summed E-state index contributed by atoms with van der Waals surface area (Å²) in [6.07, 6.45) is 6.06. The van der Waals surface area contributed by atoms with Crippen LogP contribution in [0.2, 0.25) is 0 Å². The normalized spacial score (nSPS) is 20.0. The van der Waals surface area contributed by atoms with Crippen LogP contribution in [0, 0.1) is 0 Å². The van der Waals surface area contributed by atoms with Crippen LogP contribution < -0.4 is 5.32 Å². The molecule has 0 radical (unpaired) electrons. The van der Waals surface area contributed by atoms with Gasteiger partial charge in [0.2, 0.25) is 5.91 Å². The highest BCUT2D eigenvalue weighted by Gasteiger charge is 2.31. The van der Waals surface area contributed by atoms with Crippen LogP contribution in [-0.2, 0) is 20.7 Å². The van der Waals surface area contributed by atoms with E-state index >= 15 is 0 Å². The van der Waals surface area contributed by atoms with E-state index in [9.17, 15) is 9.59 Å². The molecule has 1 aromatic heterocycles. The highest BCUT2D eigenvalue weighted by Crippen LogP contribution is 2.27. The molecule has 2 aliphatic rings. The van der Waals surface area contributed by atoms with Gasteiger partial charge >= 0.3 is 0 Å². The molecule has 0 aliphatic carbocycles. The van der Waals surface area contributed by atoms with Crippen LogP contribution in [0.4, 0.5) is 5.82 Å². The van der Waals surface area contributed by atoms with Crippen molar-refractivity contribution in [2.24, 2.45) is 0 Å². The second kappa shape index (κ2) is 9.22. The van der Waals surface area contributed by atoms with Gasteiger partial charge in [-0.15, -0.1) is 0 Å². The van der Waals surface area contributed by atoms with Gasteiger partial charge in [0.25, 0.3) is 5.91 Å². The molecule has 29 heavy (non-hydrogen) atoms. The Balaban J connectivity index is 1.29.